The first kappa shape index (κ1) is 8.59. The summed E-state index contributed by atoms with van der Waals surface area (Å²) in [7, 11) is 1.37. The van der Waals surface area contributed by atoms with E-state index in [4.69, 9.17) is 5.73 Å². The maximum Gasteiger partial charge on any atom is 0.334 e. The lowest BCUT2D eigenvalue weighted by molar-refractivity contribution is -0.136. The largest absolute Gasteiger partial charge is 0.466 e. The van der Waals surface area contributed by atoms with Gasteiger partial charge in [0.15, 0.2) is 0 Å². The van der Waals surface area contributed by atoms with Crippen LogP contribution in [0.25, 0.3) is 0 Å². The summed E-state index contributed by atoms with van der Waals surface area (Å²) >= 11 is 0. The molecule has 1 rings (SSSR count). The fourth-order valence-electron chi connectivity index (χ4n) is 0.922. The van der Waals surface area contributed by atoms with Crippen molar-refractivity contribution in [2.75, 3.05) is 7.11 Å². The van der Waals surface area contributed by atoms with Crippen LogP contribution in [0.3, 0.4) is 0 Å². The third kappa shape index (κ3) is 1.99. The molecule has 0 aromatic heterocycles. The van der Waals surface area contributed by atoms with E-state index in [1.165, 1.54) is 7.11 Å². The summed E-state index contributed by atoms with van der Waals surface area (Å²) in [4.78, 5) is 11.0. The third-order valence-electron chi connectivity index (χ3n) is 1.59. The average Bonchev–Trinajstić information content (AvgIpc) is 2.29. The highest BCUT2D eigenvalue weighted by molar-refractivity contribution is 5.89. The number of carbonyl (C=O) groups excluding carboxylic acids is 1. The molecule has 1 aliphatic carbocycles. The van der Waals surface area contributed by atoms with Gasteiger partial charge >= 0.3 is 5.97 Å². The lowest BCUT2D eigenvalue weighted by Gasteiger charge is -1.99. The van der Waals surface area contributed by atoms with Crippen LogP contribution in [-0.2, 0) is 9.53 Å². The minimum Gasteiger partial charge on any atom is -0.466 e. The first-order chi connectivity index (χ1) is 5.74. The van der Waals surface area contributed by atoms with Crippen molar-refractivity contribution in [1.82, 2.24) is 0 Å². The minimum atomic E-state index is -0.300. The molecule has 12 heavy (non-hydrogen) atoms. The monoisotopic (exact) mass is 165 g/mol. The van der Waals surface area contributed by atoms with Gasteiger partial charge in [0, 0.05) is 11.3 Å². The fourth-order valence-corrected chi connectivity index (χ4v) is 0.922. The van der Waals surface area contributed by atoms with Gasteiger partial charge in [-0.3, -0.25) is 0 Å². The highest BCUT2D eigenvalue weighted by Gasteiger charge is 2.07. The van der Waals surface area contributed by atoms with Gasteiger partial charge in [-0.25, -0.2) is 4.79 Å². The molecule has 0 radical (unpaired) electrons. The number of nitrogens with two attached hydrogens (primary N) is 1. The molecule has 64 valence electrons. The normalized spacial score (nSPS) is 16.1. The quantitative estimate of drug-likeness (QED) is 0.587. The molecule has 0 saturated heterocycles. The number of rotatable bonds is 1. The number of hydrogen-bond donors (Lipinski definition) is 1. The zero-order valence-electron chi connectivity index (χ0n) is 6.91. The number of esters is 1. The zero-order chi connectivity index (χ0) is 8.97. The molecule has 0 heterocycles. The number of allylic oxidation sites excluding steroid dienone is 4. The van der Waals surface area contributed by atoms with Crippen LogP contribution in [0.5, 0.6) is 0 Å². The Morgan fingerprint density at radius 1 is 1.67 bits per heavy atom. The van der Waals surface area contributed by atoms with Gasteiger partial charge < -0.3 is 10.5 Å². The van der Waals surface area contributed by atoms with E-state index in [0.717, 1.165) is 0 Å². The van der Waals surface area contributed by atoms with Crippen LogP contribution in [0.2, 0.25) is 0 Å². The van der Waals surface area contributed by atoms with Crippen molar-refractivity contribution in [3.05, 3.63) is 35.6 Å². The summed E-state index contributed by atoms with van der Waals surface area (Å²) < 4.78 is 4.57. The Balaban J connectivity index is 2.76. The Morgan fingerprint density at radius 3 is 3.08 bits per heavy atom. The molecule has 0 unspecified atom stereocenters. The van der Waals surface area contributed by atoms with Gasteiger partial charge in [0.1, 0.15) is 0 Å². The molecule has 3 heteroatoms. The third-order valence-corrected chi connectivity index (χ3v) is 1.59. The van der Waals surface area contributed by atoms with Gasteiger partial charge in [-0.05, 0) is 12.5 Å². The molecule has 3 nitrogen and oxygen atoms in total. The van der Waals surface area contributed by atoms with Crippen molar-refractivity contribution in [1.29, 1.82) is 0 Å². The van der Waals surface area contributed by atoms with E-state index in [1.807, 2.05) is 0 Å². The molecule has 0 saturated carbocycles. The Kier molecular flexibility index (Phi) is 2.69. The predicted octanol–water partition coefficient (Wildman–Crippen LogP) is 0.888. The maximum atomic E-state index is 11.0. The standard InChI is InChI=1S/C9H11NO2/c1-12-9(11)7-3-2-4-8(10)6-5-7/h2-4,6H,5,10H2,1H3. The second kappa shape index (κ2) is 3.76. The first-order valence-corrected chi connectivity index (χ1v) is 3.65. The zero-order valence-corrected chi connectivity index (χ0v) is 6.91. The SMILES string of the molecule is COC(=O)C1=CC=CC(N)=CC1. The molecular formula is C9H11NO2. The number of carbonyl (C=O) groups is 1. The van der Waals surface area contributed by atoms with Crippen molar-refractivity contribution in [2.24, 2.45) is 5.73 Å². The Bertz CT molecular complexity index is 271. The average molecular weight is 165 g/mol. The van der Waals surface area contributed by atoms with Crippen molar-refractivity contribution in [3.63, 3.8) is 0 Å². The molecule has 0 spiro atoms. The highest BCUT2D eigenvalue weighted by atomic mass is 16.5. The molecule has 0 bridgehead atoms. The number of methoxy groups -OCH3 is 1. The number of ether oxygens (including phenoxy) is 1. The van der Waals surface area contributed by atoms with Crippen molar-refractivity contribution >= 4 is 5.97 Å². The van der Waals surface area contributed by atoms with E-state index in [9.17, 15) is 4.79 Å². The summed E-state index contributed by atoms with van der Waals surface area (Å²) in [5, 5.41) is 0. The van der Waals surface area contributed by atoms with E-state index in [1.54, 1.807) is 24.3 Å². The molecule has 0 atom stereocenters. The molecule has 0 amide bonds. The van der Waals surface area contributed by atoms with Crippen LogP contribution in [0, 0.1) is 0 Å². The van der Waals surface area contributed by atoms with E-state index >= 15 is 0 Å². The van der Waals surface area contributed by atoms with Gasteiger partial charge in [-0.1, -0.05) is 18.2 Å². The van der Waals surface area contributed by atoms with Crippen LogP contribution in [0.4, 0.5) is 0 Å². The van der Waals surface area contributed by atoms with E-state index < -0.39 is 0 Å². The van der Waals surface area contributed by atoms with Crippen molar-refractivity contribution < 1.29 is 9.53 Å². The summed E-state index contributed by atoms with van der Waals surface area (Å²) in [6.45, 7) is 0. The van der Waals surface area contributed by atoms with E-state index in [-0.39, 0.29) is 5.97 Å². The summed E-state index contributed by atoms with van der Waals surface area (Å²) in [6.07, 6.45) is 7.51. The van der Waals surface area contributed by atoms with Gasteiger partial charge in [0.2, 0.25) is 0 Å². The second-order valence-corrected chi connectivity index (χ2v) is 2.45. The van der Waals surface area contributed by atoms with Gasteiger partial charge in [0.25, 0.3) is 0 Å². The van der Waals surface area contributed by atoms with Crippen LogP contribution >= 0.6 is 0 Å². The molecule has 0 fully saturated rings. The first-order valence-electron chi connectivity index (χ1n) is 3.65. The maximum absolute atomic E-state index is 11.0. The van der Waals surface area contributed by atoms with Gasteiger partial charge in [0.05, 0.1) is 7.11 Å². The van der Waals surface area contributed by atoms with E-state index in [2.05, 4.69) is 4.74 Å². The van der Waals surface area contributed by atoms with Crippen LogP contribution in [0.15, 0.2) is 35.6 Å². The molecular weight excluding hydrogens is 154 g/mol. The highest BCUT2D eigenvalue weighted by Crippen LogP contribution is 2.10. The summed E-state index contributed by atoms with van der Waals surface area (Å²) in [5.74, 6) is -0.300. The van der Waals surface area contributed by atoms with E-state index in [0.29, 0.717) is 17.7 Å². The van der Waals surface area contributed by atoms with Gasteiger partial charge in [-0.2, -0.15) is 0 Å². The van der Waals surface area contributed by atoms with Crippen LogP contribution < -0.4 is 5.73 Å². The molecule has 0 aromatic carbocycles. The predicted molar refractivity (Wildman–Crippen MR) is 46.1 cm³/mol. The summed E-state index contributed by atoms with van der Waals surface area (Å²) in [5.41, 5.74) is 6.82. The minimum absolute atomic E-state index is 0.300. The Hall–Kier alpha value is -1.51. The summed E-state index contributed by atoms with van der Waals surface area (Å²) in [6, 6.07) is 0. The number of hydrogen-bond acceptors (Lipinski definition) is 3. The molecule has 0 aromatic rings. The fraction of sp³-hybridized carbons (Fsp3) is 0.222. The Morgan fingerprint density at radius 2 is 2.42 bits per heavy atom. The van der Waals surface area contributed by atoms with Crippen molar-refractivity contribution in [2.45, 2.75) is 6.42 Å². The lowest BCUT2D eigenvalue weighted by atomic mass is 10.2. The smallest absolute Gasteiger partial charge is 0.334 e. The topological polar surface area (TPSA) is 52.3 Å². The molecule has 2 N–H and O–H groups in total. The molecule has 0 aliphatic heterocycles. The van der Waals surface area contributed by atoms with Crippen LogP contribution in [0.1, 0.15) is 6.42 Å². The second-order valence-electron chi connectivity index (χ2n) is 2.45. The lowest BCUT2D eigenvalue weighted by Crippen LogP contribution is -2.03. The van der Waals surface area contributed by atoms with Gasteiger partial charge in [-0.15, -0.1) is 0 Å². The Labute approximate surface area is 71.2 Å². The van der Waals surface area contributed by atoms with Crippen molar-refractivity contribution in [3.8, 4) is 0 Å². The molecule has 1 aliphatic rings. The van der Waals surface area contributed by atoms with Crippen LogP contribution in [-0.4, -0.2) is 13.1 Å².